The fourth-order valence-electron chi connectivity index (χ4n) is 2.45. The maximum Gasteiger partial charge on any atom is 0.0929 e. The van der Waals surface area contributed by atoms with E-state index < -0.39 is 6.10 Å². The molecule has 0 radical (unpaired) electrons. The molecule has 0 aliphatic carbocycles. The van der Waals surface area contributed by atoms with Crippen molar-refractivity contribution in [1.29, 1.82) is 0 Å². The van der Waals surface area contributed by atoms with Gasteiger partial charge in [-0.2, -0.15) is 0 Å². The van der Waals surface area contributed by atoms with Crippen LogP contribution in [0.4, 0.5) is 0 Å². The average Bonchev–Trinajstić information content (AvgIpc) is 2.49. The van der Waals surface area contributed by atoms with Gasteiger partial charge in [0, 0.05) is 41.8 Å². The molecule has 1 aromatic carbocycles. The third-order valence-electron chi connectivity index (χ3n) is 3.70. The van der Waals surface area contributed by atoms with Crippen molar-refractivity contribution in [2.24, 2.45) is 0 Å². The highest BCUT2D eigenvalue weighted by atomic mass is 35.5. The van der Waals surface area contributed by atoms with E-state index in [-0.39, 0.29) is 6.10 Å². The molecule has 1 heterocycles. The van der Waals surface area contributed by atoms with E-state index in [2.05, 4.69) is 17.1 Å². The van der Waals surface area contributed by atoms with Crippen LogP contribution >= 0.6 is 23.2 Å². The van der Waals surface area contributed by atoms with Crippen LogP contribution in [0.1, 0.15) is 18.6 Å². The number of hydrogen-bond donors (Lipinski definition) is 2. The molecule has 0 aromatic heterocycles. The van der Waals surface area contributed by atoms with Crippen LogP contribution < -0.4 is 5.32 Å². The van der Waals surface area contributed by atoms with Crippen LogP contribution in [0, 0.1) is 0 Å². The molecule has 2 N–H and O–H groups in total. The van der Waals surface area contributed by atoms with Gasteiger partial charge in [-0.3, -0.25) is 4.90 Å². The summed E-state index contributed by atoms with van der Waals surface area (Å²) in [7, 11) is 0. The lowest BCUT2D eigenvalue weighted by Crippen LogP contribution is -2.46. The van der Waals surface area contributed by atoms with Crippen molar-refractivity contribution in [2.75, 3.05) is 39.3 Å². The van der Waals surface area contributed by atoms with Gasteiger partial charge in [0.25, 0.3) is 0 Å². The fraction of sp³-hybridized carbons (Fsp3) is 0.600. The second kappa shape index (κ2) is 8.32. The number of nitrogens with zero attached hydrogens (tertiary/aromatic N) is 1. The SMILES string of the molecule is CCN1CCOC(CNCC(O)c2cc(Cl)ccc2Cl)C1. The van der Waals surface area contributed by atoms with Gasteiger partial charge in [-0.25, -0.2) is 0 Å². The summed E-state index contributed by atoms with van der Waals surface area (Å²) in [4.78, 5) is 2.36. The van der Waals surface area contributed by atoms with Gasteiger partial charge in [0.15, 0.2) is 0 Å². The molecule has 1 aliphatic heterocycles. The molecule has 1 aliphatic rings. The first-order valence-electron chi connectivity index (χ1n) is 7.27. The number of aliphatic hydroxyl groups excluding tert-OH is 1. The van der Waals surface area contributed by atoms with Gasteiger partial charge in [-0.05, 0) is 24.7 Å². The molecule has 6 heteroatoms. The molecule has 0 spiro atoms. The number of morpholine rings is 1. The van der Waals surface area contributed by atoms with E-state index in [4.69, 9.17) is 27.9 Å². The smallest absolute Gasteiger partial charge is 0.0929 e. The predicted molar refractivity (Wildman–Crippen MR) is 86.1 cm³/mol. The van der Waals surface area contributed by atoms with Crippen LogP contribution in [0.5, 0.6) is 0 Å². The standard InChI is InChI=1S/C15H22Cl2N2O2/c1-2-19-5-6-21-12(10-19)8-18-9-15(20)13-7-11(16)3-4-14(13)17/h3-4,7,12,15,18,20H,2,5-6,8-10H2,1H3. The highest BCUT2D eigenvalue weighted by Crippen LogP contribution is 2.25. The molecular formula is C15H22Cl2N2O2. The van der Waals surface area contributed by atoms with E-state index in [0.717, 1.165) is 26.2 Å². The van der Waals surface area contributed by atoms with E-state index in [1.54, 1.807) is 18.2 Å². The van der Waals surface area contributed by atoms with Gasteiger partial charge in [0.05, 0.1) is 18.8 Å². The predicted octanol–water partition coefficient (Wildman–Crippen LogP) is 2.34. The van der Waals surface area contributed by atoms with E-state index in [1.807, 2.05) is 0 Å². The third-order valence-corrected chi connectivity index (χ3v) is 4.28. The number of aliphatic hydroxyl groups is 1. The van der Waals surface area contributed by atoms with Gasteiger partial charge in [-0.15, -0.1) is 0 Å². The van der Waals surface area contributed by atoms with Crippen LogP contribution in [0.15, 0.2) is 18.2 Å². The van der Waals surface area contributed by atoms with Crippen molar-refractivity contribution in [3.8, 4) is 0 Å². The van der Waals surface area contributed by atoms with E-state index >= 15 is 0 Å². The summed E-state index contributed by atoms with van der Waals surface area (Å²) in [5.41, 5.74) is 0.649. The van der Waals surface area contributed by atoms with Crippen LogP contribution in [-0.2, 0) is 4.74 Å². The van der Waals surface area contributed by atoms with E-state index in [0.29, 0.717) is 28.7 Å². The molecule has 1 fully saturated rings. The minimum atomic E-state index is -0.679. The topological polar surface area (TPSA) is 44.7 Å². The molecule has 0 amide bonds. The fourth-order valence-corrected chi connectivity index (χ4v) is 2.88. The van der Waals surface area contributed by atoms with E-state index in [1.165, 1.54) is 0 Å². The minimum Gasteiger partial charge on any atom is -0.387 e. The molecule has 0 bridgehead atoms. The summed E-state index contributed by atoms with van der Waals surface area (Å²) in [6.07, 6.45) is -0.511. The van der Waals surface area contributed by atoms with Crippen LogP contribution in [0.3, 0.4) is 0 Å². The lowest BCUT2D eigenvalue weighted by molar-refractivity contribution is -0.0262. The highest BCUT2D eigenvalue weighted by Gasteiger charge is 2.19. The first-order valence-corrected chi connectivity index (χ1v) is 8.03. The van der Waals surface area contributed by atoms with Crippen LogP contribution in [0.25, 0.3) is 0 Å². The largest absolute Gasteiger partial charge is 0.387 e. The summed E-state index contributed by atoms with van der Waals surface area (Å²) in [5, 5.41) is 14.5. The monoisotopic (exact) mass is 332 g/mol. The van der Waals surface area contributed by atoms with Crippen LogP contribution in [-0.4, -0.2) is 55.4 Å². The Labute approximate surface area is 136 Å². The zero-order valence-corrected chi connectivity index (χ0v) is 13.7. The summed E-state index contributed by atoms with van der Waals surface area (Å²) in [5.74, 6) is 0. The zero-order chi connectivity index (χ0) is 15.2. The third kappa shape index (κ3) is 5.09. The molecule has 2 rings (SSSR count). The lowest BCUT2D eigenvalue weighted by atomic mass is 10.1. The summed E-state index contributed by atoms with van der Waals surface area (Å²) < 4.78 is 5.71. The molecule has 1 saturated heterocycles. The molecule has 21 heavy (non-hydrogen) atoms. The zero-order valence-electron chi connectivity index (χ0n) is 12.2. The Morgan fingerprint density at radius 2 is 2.29 bits per heavy atom. The number of likely N-dealkylation sites (N-methyl/N-ethyl adjacent to an activating group) is 1. The van der Waals surface area contributed by atoms with Gasteiger partial charge in [-0.1, -0.05) is 30.1 Å². The van der Waals surface area contributed by atoms with Gasteiger partial charge in [0.1, 0.15) is 0 Å². The Hall–Kier alpha value is -0.360. The lowest BCUT2D eigenvalue weighted by Gasteiger charge is -2.32. The highest BCUT2D eigenvalue weighted by molar-refractivity contribution is 6.33. The van der Waals surface area contributed by atoms with Gasteiger partial charge in [0.2, 0.25) is 0 Å². The molecule has 2 atom stereocenters. The maximum absolute atomic E-state index is 10.2. The number of rotatable bonds is 6. The normalized spacial score (nSPS) is 21.4. The second-order valence-electron chi connectivity index (χ2n) is 5.23. The van der Waals surface area contributed by atoms with Crippen molar-refractivity contribution in [2.45, 2.75) is 19.1 Å². The quantitative estimate of drug-likeness (QED) is 0.839. The van der Waals surface area contributed by atoms with Crippen molar-refractivity contribution < 1.29 is 9.84 Å². The minimum absolute atomic E-state index is 0.167. The number of halogens is 2. The Kier molecular flexibility index (Phi) is 6.74. The molecule has 4 nitrogen and oxygen atoms in total. The molecule has 1 aromatic rings. The Balaban J connectivity index is 1.79. The van der Waals surface area contributed by atoms with Crippen LogP contribution in [0.2, 0.25) is 10.0 Å². The van der Waals surface area contributed by atoms with Gasteiger partial charge < -0.3 is 15.2 Å². The van der Waals surface area contributed by atoms with Crippen molar-refractivity contribution >= 4 is 23.2 Å². The first-order chi connectivity index (χ1) is 10.1. The second-order valence-corrected chi connectivity index (χ2v) is 6.07. The summed E-state index contributed by atoms with van der Waals surface area (Å²) >= 11 is 12.0. The number of benzene rings is 1. The maximum atomic E-state index is 10.2. The molecular weight excluding hydrogens is 311 g/mol. The molecule has 0 saturated carbocycles. The van der Waals surface area contributed by atoms with Crippen molar-refractivity contribution in [1.82, 2.24) is 10.2 Å². The average molecular weight is 333 g/mol. The van der Waals surface area contributed by atoms with Crippen molar-refractivity contribution in [3.05, 3.63) is 33.8 Å². The number of ether oxygens (including phenoxy) is 1. The number of hydrogen-bond acceptors (Lipinski definition) is 4. The first kappa shape index (κ1) is 17.0. The Bertz CT molecular complexity index is 459. The Morgan fingerprint density at radius 3 is 3.05 bits per heavy atom. The summed E-state index contributed by atoms with van der Waals surface area (Å²) in [6, 6.07) is 5.11. The Morgan fingerprint density at radius 1 is 1.48 bits per heavy atom. The summed E-state index contributed by atoms with van der Waals surface area (Å²) in [6.45, 7) is 7.02. The van der Waals surface area contributed by atoms with Gasteiger partial charge >= 0.3 is 0 Å². The van der Waals surface area contributed by atoms with Crippen molar-refractivity contribution in [3.63, 3.8) is 0 Å². The number of nitrogens with one attached hydrogen (secondary N) is 1. The molecule has 118 valence electrons. The van der Waals surface area contributed by atoms with E-state index in [9.17, 15) is 5.11 Å². The molecule has 2 unspecified atom stereocenters.